The van der Waals surface area contributed by atoms with E-state index in [0.717, 1.165) is 12.7 Å². The molecule has 122 valence electrons. The number of nitrogens with one attached hydrogen (secondary N) is 1. The number of carbonyl (C=O) groups is 2. The summed E-state index contributed by atoms with van der Waals surface area (Å²) in [5.41, 5.74) is 6.64. The van der Waals surface area contributed by atoms with Gasteiger partial charge in [-0.2, -0.15) is 0 Å². The van der Waals surface area contributed by atoms with Gasteiger partial charge >= 0.3 is 12.1 Å². The van der Waals surface area contributed by atoms with Crippen LogP contribution >= 0.6 is 45.2 Å². The van der Waals surface area contributed by atoms with Crippen molar-refractivity contribution in [2.24, 2.45) is 0 Å². The Labute approximate surface area is 156 Å². The highest BCUT2D eigenvalue weighted by Gasteiger charge is 2.24. The van der Waals surface area contributed by atoms with E-state index in [2.05, 4.69) is 50.5 Å². The van der Waals surface area contributed by atoms with Crippen molar-refractivity contribution in [3.8, 4) is 0 Å². The van der Waals surface area contributed by atoms with Crippen LogP contribution in [-0.4, -0.2) is 28.8 Å². The first kappa shape index (κ1) is 19.3. The number of benzene rings is 1. The van der Waals surface area contributed by atoms with E-state index in [4.69, 9.17) is 10.5 Å². The maximum absolute atomic E-state index is 11.7. The van der Waals surface area contributed by atoms with Gasteiger partial charge in [-0.3, -0.25) is 0 Å². The molecule has 4 N–H and O–H groups in total. The standard InChI is InChI=1S/C14H18I2N2O4/c1-14(2,3)22-13(21)18-10(12(19)20)6-7-4-8(15)11(17)9(16)5-7/h4-5,10H,6,17H2,1-3H3,(H,18,21)(H,19,20). The number of amides is 1. The minimum atomic E-state index is -1.12. The molecule has 0 aromatic heterocycles. The molecule has 0 radical (unpaired) electrons. The first-order chi connectivity index (χ1) is 9.99. The van der Waals surface area contributed by atoms with Crippen molar-refractivity contribution in [2.75, 3.05) is 5.73 Å². The van der Waals surface area contributed by atoms with Gasteiger partial charge < -0.3 is 20.9 Å². The highest BCUT2D eigenvalue weighted by atomic mass is 127. The molecule has 0 saturated heterocycles. The molecule has 0 aliphatic carbocycles. The fourth-order valence-electron chi connectivity index (χ4n) is 1.64. The van der Waals surface area contributed by atoms with E-state index < -0.39 is 23.7 Å². The lowest BCUT2D eigenvalue weighted by atomic mass is 10.1. The zero-order chi connectivity index (χ0) is 17.1. The smallest absolute Gasteiger partial charge is 0.408 e. The number of halogens is 2. The molecule has 0 heterocycles. The van der Waals surface area contributed by atoms with Crippen LogP contribution < -0.4 is 11.1 Å². The van der Waals surface area contributed by atoms with E-state index in [1.165, 1.54) is 0 Å². The van der Waals surface area contributed by atoms with Crippen LogP contribution in [0.2, 0.25) is 0 Å². The molecule has 8 heteroatoms. The van der Waals surface area contributed by atoms with E-state index in [9.17, 15) is 14.7 Å². The molecule has 1 rings (SSSR count). The molecule has 1 amide bonds. The Hall–Kier alpha value is -0.780. The Morgan fingerprint density at radius 3 is 2.23 bits per heavy atom. The predicted octanol–water partition coefficient (Wildman–Crippen LogP) is 3.00. The topological polar surface area (TPSA) is 102 Å². The van der Waals surface area contributed by atoms with Crippen molar-refractivity contribution in [3.05, 3.63) is 24.8 Å². The summed E-state index contributed by atoms with van der Waals surface area (Å²) in [4.78, 5) is 23.1. The van der Waals surface area contributed by atoms with E-state index in [1.807, 2.05) is 12.1 Å². The Bertz CT molecular complexity index is 562. The normalized spacial score (nSPS) is 12.6. The molecule has 1 atom stereocenters. The summed E-state index contributed by atoms with van der Waals surface area (Å²) in [6.45, 7) is 5.15. The summed E-state index contributed by atoms with van der Waals surface area (Å²) in [6.07, 6.45) is -0.597. The largest absolute Gasteiger partial charge is 0.480 e. The van der Waals surface area contributed by atoms with Crippen molar-refractivity contribution < 1.29 is 19.4 Å². The third-order valence-electron chi connectivity index (χ3n) is 2.57. The zero-order valence-electron chi connectivity index (χ0n) is 12.4. The number of nitrogens with two attached hydrogens (primary N) is 1. The number of hydrogen-bond acceptors (Lipinski definition) is 4. The molecular formula is C14H18I2N2O4. The summed E-state index contributed by atoms with van der Waals surface area (Å²) in [5, 5.41) is 11.7. The third-order valence-corrected chi connectivity index (χ3v) is 4.35. The Kier molecular flexibility index (Phi) is 6.71. The molecule has 1 aromatic rings. The van der Waals surface area contributed by atoms with Crippen molar-refractivity contribution in [1.82, 2.24) is 5.32 Å². The second-order valence-corrected chi connectivity index (χ2v) is 8.04. The van der Waals surface area contributed by atoms with E-state index >= 15 is 0 Å². The van der Waals surface area contributed by atoms with Crippen LogP contribution in [0, 0.1) is 7.14 Å². The maximum Gasteiger partial charge on any atom is 0.408 e. The lowest BCUT2D eigenvalue weighted by molar-refractivity contribution is -0.139. The van der Waals surface area contributed by atoms with E-state index in [1.54, 1.807) is 20.8 Å². The van der Waals surface area contributed by atoms with Crippen molar-refractivity contribution in [1.29, 1.82) is 0 Å². The molecule has 0 aliphatic heterocycles. The highest BCUT2D eigenvalue weighted by molar-refractivity contribution is 14.1. The SMILES string of the molecule is CC(C)(C)OC(=O)NC(Cc1cc(I)c(N)c(I)c1)C(=O)O. The summed E-state index contributed by atoms with van der Waals surface area (Å²) in [5.74, 6) is -1.12. The average molecular weight is 532 g/mol. The number of carboxylic acids is 1. The van der Waals surface area contributed by atoms with Crippen molar-refractivity contribution in [3.63, 3.8) is 0 Å². The van der Waals surface area contributed by atoms with Crippen molar-refractivity contribution >= 4 is 62.9 Å². The fourth-order valence-corrected chi connectivity index (χ4v) is 3.54. The minimum absolute atomic E-state index is 0.154. The number of nitrogen functional groups attached to an aromatic ring is 1. The van der Waals surface area contributed by atoms with Crippen LogP contribution in [0.4, 0.5) is 10.5 Å². The number of alkyl carbamates (subject to hydrolysis) is 1. The minimum Gasteiger partial charge on any atom is -0.480 e. The molecule has 0 aliphatic rings. The van der Waals surface area contributed by atoms with Crippen LogP contribution in [0.15, 0.2) is 12.1 Å². The van der Waals surface area contributed by atoms with Gasteiger partial charge in [-0.25, -0.2) is 9.59 Å². The van der Waals surface area contributed by atoms with Crippen LogP contribution in [0.3, 0.4) is 0 Å². The number of ether oxygens (including phenoxy) is 1. The molecule has 0 saturated carbocycles. The quantitative estimate of drug-likeness (QED) is 0.409. The third kappa shape index (κ3) is 6.15. The molecule has 1 unspecified atom stereocenters. The van der Waals surface area contributed by atoms with Gasteiger partial charge in [0.2, 0.25) is 0 Å². The number of anilines is 1. The summed E-state index contributed by atoms with van der Waals surface area (Å²) in [7, 11) is 0. The summed E-state index contributed by atoms with van der Waals surface area (Å²) >= 11 is 4.19. The first-order valence-corrected chi connectivity index (χ1v) is 8.61. The number of carboxylic acid groups (broad SMARTS) is 1. The lowest BCUT2D eigenvalue weighted by Gasteiger charge is -2.22. The fraction of sp³-hybridized carbons (Fsp3) is 0.429. The van der Waals surface area contributed by atoms with Crippen molar-refractivity contribution in [2.45, 2.75) is 38.8 Å². The van der Waals surface area contributed by atoms with Crippen LogP contribution in [0.25, 0.3) is 0 Å². The molecule has 1 aromatic carbocycles. The van der Waals surface area contributed by atoms with E-state index in [-0.39, 0.29) is 6.42 Å². The Morgan fingerprint density at radius 1 is 1.32 bits per heavy atom. The van der Waals surface area contributed by atoms with Crippen LogP contribution in [0.5, 0.6) is 0 Å². The molecular weight excluding hydrogens is 514 g/mol. The van der Waals surface area contributed by atoms with Gasteiger partial charge in [0.05, 0.1) is 5.69 Å². The van der Waals surface area contributed by atoms with Gasteiger partial charge in [-0.05, 0) is 83.6 Å². The molecule has 0 fully saturated rings. The number of hydrogen-bond donors (Lipinski definition) is 3. The monoisotopic (exact) mass is 532 g/mol. The number of aliphatic carboxylic acids is 1. The number of rotatable bonds is 4. The van der Waals surface area contributed by atoms with Gasteiger partial charge in [-0.1, -0.05) is 0 Å². The zero-order valence-corrected chi connectivity index (χ0v) is 16.8. The van der Waals surface area contributed by atoms with Crippen LogP contribution in [-0.2, 0) is 16.0 Å². The molecule has 22 heavy (non-hydrogen) atoms. The Morgan fingerprint density at radius 2 is 1.82 bits per heavy atom. The lowest BCUT2D eigenvalue weighted by Crippen LogP contribution is -2.44. The Balaban J connectivity index is 2.85. The van der Waals surface area contributed by atoms with E-state index in [0.29, 0.717) is 5.69 Å². The van der Waals surface area contributed by atoms with Crippen LogP contribution in [0.1, 0.15) is 26.3 Å². The van der Waals surface area contributed by atoms with Gasteiger partial charge in [0.1, 0.15) is 11.6 Å². The highest BCUT2D eigenvalue weighted by Crippen LogP contribution is 2.24. The second kappa shape index (κ2) is 7.66. The summed E-state index contributed by atoms with van der Waals surface area (Å²) in [6, 6.07) is 2.56. The van der Waals surface area contributed by atoms with Gasteiger partial charge in [0.25, 0.3) is 0 Å². The molecule has 6 nitrogen and oxygen atoms in total. The molecule has 0 spiro atoms. The van der Waals surface area contributed by atoms with Gasteiger partial charge in [0.15, 0.2) is 0 Å². The number of carbonyl (C=O) groups excluding carboxylic acids is 1. The second-order valence-electron chi connectivity index (χ2n) is 5.71. The maximum atomic E-state index is 11.7. The molecule has 0 bridgehead atoms. The van der Waals surface area contributed by atoms with Gasteiger partial charge in [0, 0.05) is 13.6 Å². The first-order valence-electron chi connectivity index (χ1n) is 6.45. The summed E-state index contributed by atoms with van der Waals surface area (Å²) < 4.78 is 6.78. The van der Waals surface area contributed by atoms with Gasteiger partial charge in [-0.15, -0.1) is 0 Å². The predicted molar refractivity (Wildman–Crippen MR) is 101 cm³/mol. The average Bonchev–Trinajstić information content (AvgIpc) is 2.32.